The number of hydrogen-bond acceptors (Lipinski definition) is 7. The van der Waals surface area contributed by atoms with Crippen molar-refractivity contribution in [2.75, 3.05) is 13.2 Å². The topological polar surface area (TPSA) is 139 Å². The number of Topliss-reactive ketones (excluding diaryl/α,β-unsaturated/α-hetero) is 1. The molecule has 0 radical (unpaired) electrons. The SMILES string of the molecule is CCCCCCCOc1ccc(-c2cnc(-c3ccc(C[C@H](CC(=O)c4ccc(C(C)(C)C)cc4)C(=O)NCC(O)C(=O)O)cc3)nc2)cc1. The molecule has 4 aromatic rings. The summed E-state index contributed by atoms with van der Waals surface area (Å²) in [6.07, 6.45) is 7.97. The second-order valence-corrected chi connectivity index (χ2v) is 13.7. The lowest BCUT2D eigenvalue weighted by Crippen LogP contribution is -2.40. The van der Waals surface area contributed by atoms with Crippen LogP contribution in [0.15, 0.2) is 85.2 Å². The molecule has 3 aromatic carbocycles. The van der Waals surface area contributed by atoms with Gasteiger partial charge < -0.3 is 20.3 Å². The van der Waals surface area contributed by atoms with E-state index in [1.54, 1.807) is 24.5 Å². The van der Waals surface area contributed by atoms with Crippen LogP contribution >= 0.6 is 0 Å². The lowest BCUT2D eigenvalue weighted by molar-refractivity contribution is -0.146. The van der Waals surface area contributed by atoms with Gasteiger partial charge in [0.1, 0.15) is 5.75 Å². The average molecular weight is 680 g/mol. The fourth-order valence-corrected chi connectivity index (χ4v) is 5.52. The maximum atomic E-state index is 13.3. The summed E-state index contributed by atoms with van der Waals surface area (Å²) in [4.78, 5) is 46.7. The first kappa shape index (κ1) is 37.9. The predicted octanol–water partition coefficient (Wildman–Crippen LogP) is 7.45. The maximum Gasteiger partial charge on any atom is 0.334 e. The fraction of sp³-hybridized carbons (Fsp3) is 0.390. The third kappa shape index (κ3) is 11.3. The number of carboxylic acids is 1. The zero-order valence-corrected chi connectivity index (χ0v) is 29.5. The van der Waals surface area contributed by atoms with Crippen molar-refractivity contribution in [3.05, 3.63) is 102 Å². The Morgan fingerprint density at radius 2 is 1.42 bits per heavy atom. The monoisotopic (exact) mass is 679 g/mol. The number of ether oxygens (including phenoxy) is 1. The Kier molecular flexibility index (Phi) is 13.8. The van der Waals surface area contributed by atoms with E-state index < -0.39 is 30.4 Å². The number of unbranched alkanes of at least 4 members (excludes halogenated alkanes) is 4. The largest absolute Gasteiger partial charge is 0.494 e. The smallest absolute Gasteiger partial charge is 0.334 e. The van der Waals surface area contributed by atoms with Crippen molar-refractivity contribution in [3.63, 3.8) is 0 Å². The standard InChI is InChI=1S/C41H49N3O6/c1-5-6-7-8-9-22-50-35-20-16-29(17-21-35)33-25-42-38(43-26-33)31-12-10-28(11-13-31)23-32(39(47)44-27-37(46)40(48)49)24-36(45)30-14-18-34(19-15-30)41(2,3)4/h10-21,25-26,32,37,46H,5-9,22-24,27H2,1-4H3,(H,44,47)(H,48,49)/t32-,37?/m1/s1. The minimum atomic E-state index is -1.74. The van der Waals surface area contributed by atoms with Gasteiger partial charge in [-0.25, -0.2) is 14.8 Å². The highest BCUT2D eigenvalue weighted by Crippen LogP contribution is 2.26. The number of aliphatic hydroxyl groups is 1. The van der Waals surface area contributed by atoms with Gasteiger partial charge in [-0.1, -0.05) is 114 Å². The number of nitrogens with zero attached hydrogens (tertiary/aromatic N) is 2. The van der Waals surface area contributed by atoms with E-state index in [0.717, 1.165) is 46.6 Å². The van der Waals surface area contributed by atoms with Crippen LogP contribution in [-0.4, -0.2) is 57.1 Å². The summed E-state index contributed by atoms with van der Waals surface area (Å²) < 4.78 is 5.88. The molecular weight excluding hydrogens is 630 g/mol. The molecule has 264 valence electrons. The van der Waals surface area contributed by atoms with Crippen molar-refractivity contribution in [1.82, 2.24) is 15.3 Å². The van der Waals surface area contributed by atoms with E-state index >= 15 is 0 Å². The van der Waals surface area contributed by atoms with Gasteiger partial charge in [-0.2, -0.15) is 0 Å². The van der Waals surface area contributed by atoms with Gasteiger partial charge in [0.05, 0.1) is 13.2 Å². The Balaban J connectivity index is 1.40. The zero-order valence-electron chi connectivity index (χ0n) is 29.5. The molecule has 1 unspecified atom stereocenters. The van der Waals surface area contributed by atoms with Gasteiger partial charge in [-0.3, -0.25) is 9.59 Å². The average Bonchev–Trinajstić information content (AvgIpc) is 3.12. The van der Waals surface area contributed by atoms with Gasteiger partial charge in [0.15, 0.2) is 17.7 Å². The molecule has 2 atom stereocenters. The van der Waals surface area contributed by atoms with E-state index in [-0.39, 0.29) is 24.0 Å². The molecule has 4 rings (SSSR count). The number of aliphatic hydroxyl groups excluding tert-OH is 1. The first-order chi connectivity index (χ1) is 23.9. The summed E-state index contributed by atoms with van der Waals surface area (Å²) in [6, 6.07) is 22.8. The lowest BCUT2D eigenvalue weighted by Gasteiger charge is -2.20. The van der Waals surface area contributed by atoms with E-state index in [4.69, 9.17) is 9.84 Å². The third-order valence-electron chi connectivity index (χ3n) is 8.68. The van der Waals surface area contributed by atoms with Gasteiger partial charge >= 0.3 is 5.97 Å². The Morgan fingerprint density at radius 3 is 2.02 bits per heavy atom. The summed E-state index contributed by atoms with van der Waals surface area (Å²) in [7, 11) is 0. The van der Waals surface area contributed by atoms with E-state index in [9.17, 15) is 19.5 Å². The van der Waals surface area contributed by atoms with Gasteiger partial charge in [0.25, 0.3) is 0 Å². The van der Waals surface area contributed by atoms with Crippen molar-refractivity contribution in [3.8, 4) is 28.3 Å². The predicted molar refractivity (Wildman–Crippen MR) is 195 cm³/mol. The first-order valence-electron chi connectivity index (χ1n) is 17.4. The van der Waals surface area contributed by atoms with Crippen molar-refractivity contribution in [2.45, 2.75) is 84.2 Å². The van der Waals surface area contributed by atoms with Crippen LogP contribution in [0.1, 0.15) is 87.7 Å². The zero-order chi connectivity index (χ0) is 36.1. The van der Waals surface area contributed by atoms with Crippen LogP contribution in [0.2, 0.25) is 0 Å². The number of amides is 1. The number of carbonyl (C=O) groups is 3. The van der Waals surface area contributed by atoms with E-state index in [1.165, 1.54) is 25.7 Å². The molecule has 1 heterocycles. The van der Waals surface area contributed by atoms with Crippen molar-refractivity contribution in [1.29, 1.82) is 0 Å². The summed E-state index contributed by atoms with van der Waals surface area (Å²) in [6.45, 7) is 8.75. The minimum Gasteiger partial charge on any atom is -0.494 e. The lowest BCUT2D eigenvalue weighted by atomic mass is 9.85. The summed E-state index contributed by atoms with van der Waals surface area (Å²) in [5, 5.41) is 21.2. The summed E-state index contributed by atoms with van der Waals surface area (Å²) in [5.41, 5.74) is 5.00. The van der Waals surface area contributed by atoms with Crippen LogP contribution in [0, 0.1) is 5.92 Å². The Morgan fingerprint density at radius 1 is 0.800 bits per heavy atom. The molecule has 0 aliphatic carbocycles. The number of carbonyl (C=O) groups excluding carboxylic acids is 2. The number of benzene rings is 3. The molecule has 0 aliphatic heterocycles. The number of aromatic nitrogens is 2. The van der Waals surface area contributed by atoms with Gasteiger partial charge in [-0.05, 0) is 47.1 Å². The molecule has 9 heteroatoms. The molecule has 1 amide bonds. The second-order valence-electron chi connectivity index (χ2n) is 13.7. The Hall–Kier alpha value is -4.89. The van der Waals surface area contributed by atoms with Crippen LogP contribution < -0.4 is 10.1 Å². The molecule has 1 aromatic heterocycles. The molecule has 3 N–H and O–H groups in total. The van der Waals surface area contributed by atoms with Crippen LogP contribution in [0.3, 0.4) is 0 Å². The normalized spacial score (nSPS) is 12.6. The Bertz CT molecular complexity index is 1680. The molecule has 0 bridgehead atoms. The highest BCUT2D eigenvalue weighted by molar-refractivity contribution is 5.98. The quantitative estimate of drug-likeness (QED) is 0.0728. The summed E-state index contributed by atoms with van der Waals surface area (Å²) >= 11 is 0. The van der Waals surface area contributed by atoms with Crippen molar-refractivity contribution in [2.24, 2.45) is 5.92 Å². The van der Waals surface area contributed by atoms with Gasteiger partial charge in [0, 0.05) is 41.4 Å². The second kappa shape index (κ2) is 18.2. The van der Waals surface area contributed by atoms with Crippen molar-refractivity contribution >= 4 is 17.7 Å². The van der Waals surface area contributed by atoms with Gasteiger partial charge in [-0.15, -0.1) is 0 Å². The van der Waals surface area contributed by atoms with E-state index in [1.807, 2.05) is 60.7 Å². The molecule has 0 aliphatic rings. The highest BCUT2D eigenvalue weighted by atomic mass is 16.5. The third-order valence-corrected chi connectivity index (χ3v) is 8.68. The number of nitrogens with one attached hydrogen (secondary N) is 1. The number of rotatable bonds is 18. The van der Waals surface area contributed by atoms with Crippen LogP contribution in [0.4, 0.5) is 0 Å². The van der Waals surface area contributed by atoms with E-state index in [0.29, 0.717) is 11.4 Å². The van der Waals surface area contributed by atoms with Crippen molar-refractivity contribution < 1.29 is 29.3 Å². The van der Waals surface area contributed by atoms with Gasteiger partial charge in [0.2, 0.25) is 5.91 Å². The molecule has 0 saturated heterocycles. The molecular formula is C41H49N3O6. The number of hydrogen-bond donors (Lipinski definition) is 3. The number of ketones is 1. The van der Waals surface area contributed by atoms with Crippen LogP contribution in [0.25, 0.3) is 22.5 Å². The van der Waals surface area contributed by atoms with Crippen LogP contribution in [-0.2, 0) is 21.4 Å². The number of carboxylic acid groups (broad SMARTS) is 1. The molecule has 0 saturated carbocycles. The first-order valence-corrected chi connectivity index (χ1v) is 17.4. The highest BCUT2D eigenvalue weighted by Gasteiger charge is 2.25. The number of aliphatic carboxylic acids is 1. The molecule has 50 heavy (non-hydrogen) atoms. The molecule has 9 nitrogen and oxygen atoms in total. The van der Waals surface area contributed by atoms with Crippen LogP contribution in [0.5, 0.6) is 5.75 Å². The maximum absolute atomic E-state index is 13.3. The Labute approximate surface area is 295 Å². The molecule has 0 fully saturated rings. The molecule has 0 spiro atoms. The fourth-order valence-electron chi connectivity index (χ4n) is 5.52. The minimum absolute atomic E-state index is 0.0665. The summed E-state index contributed by atoms with van der Waals surface area (Å²) in [5.74, 6) is -1.53. The van der Waals surface area contributed by atoms with E-state index in [2.05, 4.69) is 43.0 Å².